The highest BCUT2D eigenvalue weighted by Gasteiger charge is 2.33. The summed E-state index contributed by atoms with van der Waals surface area (Å²) in [5, 5.41) is 0. The number of rotatable bonds is 4. The van der Waals surface area contributed by atoms with E-state index in [0.29, 0.717) is 6.20 Å². The van der Waals surface area contributed by atoms with E-state index in [9.17, 15) is 22.4 Å². The number of aromatic nitrogens is 1. The lowest BCUT2D eigenvalue weighted by atomic mass is 10.1. The fourth-order valence-corrected chi connectivity index (χ4v) is 1.29. The number of anilines is 1. The first-order valence-electron chi connectivity index (χ1n) is 5.06. The van der Waals surface area contributed by atoms with Gasteiger partial charge in [-0.15, -0.1) is 13.2 Å². The molecule has 0 aliphatic carbocycles. The molecule has 1 aromatic heterocycles. The van der Waals surface area contributed by atoms with Crippen LogP contribution in [0.2, 0.25) is 0 Å². The summed E-state index contributed by atoms with van der Waals surface area (Å²) in [4.78, 5) is 14.9. The zero-order valence-corrected chi connectivity index (χ0v) is 9.75. The molecule has 0 radical (unpaired) electrons. The van der Waals surface area contributed by atoms with E-state index in [1.54, 1.807) is 0 Å². The van der Waals surface area contributed by atoms with Crippen LogP contribution in [0.5, 0.6) is 5.75 Å². The predicted octanol–water partition coefficient (Wildman–Crippen LogP) is 2.21. The molecule has 0 saturated carbocycles. The first kappa shape index (κ1) is 15.0. The zero-order valence-electron chi connectivity index (χ0n) is 9.75. The van der Waals surface area contributed by atoms with Gasteiger partial charge in [-0.3, -0.25) is 4.98 Å². The maximum absolute atomic E-state index is 12.6. The molecule has 2 N–H and O–H groups in total. The van der Waals surface area contributed by atoms with Gasteiger partial charge < -0.3 is 15.2 Å². The Hall–Kier alpha value is -2.06. The van der Waals surface area contributed by atoms with Crippen molar-refractivity contribution < 1.29 is 31.8 Å². The third-order valence-corrected chi connectivity index (χ3v) is 1.99. The summed E-state index contributed by atoms with van der Waals surface area (Å²) in [6, 6.07) is 0. The van der Waals surface area contributed by atoms with Gasteiger partial charge in [0.25, 0.3) is 0 Å². The number of esters is 1. The van der Waals surface area contributed by atoms with Crippen LogP contribution in [-0.4, -0.2) is 23.9 Å². The third kappa shape index (κ3) is 3.70. The number of nitrogen functional groups attached to an aromatic ring is 1. The van der Waals surface area contributed by atoms with Crippen LogP contribution in [0.1, 0.15) is 23.0 Å². The molecule has 1 rings (SSSR count). The second kappa shape index (κ2) is 5.72. The van der Waals surface area contributed by atoms with Gasteiger partial charge in [-0.2, -0.15) is 0 Å². The van der Waals surface area contributed by atoms with Crippen LogP contribution in [0, 0.1) is 0 Å². The van der Waals surface area contributed by atoms with Crippen LogP contribution in [0.25, 0.3) is 0 Å². The van der Waals surface area contributed by atoms with Gasteiger partial charge in [0.2, 0.25) is 0 Å². The minimum atomic E-state index is -5.00. The zero-order chi connectivity index (χ0) is 14.6. The normalized spacial score (nSPS) is 11.2. The fourth-order valence-electron chi connectivity index (χ4n) is 1.29. The monoisotopic (exact) mass is 282 g/mol. The van der Waals surface area contributed by atoms with Crippen LogP contribution in [0.4, 0.5) is 23.2 Å². The highest BCUT2D eigenvalue weighted by Crippen LogP contribution is 2.32. The Morgan fingerprint density at radius 3 is 2.58 bits per heavy atom. The van der Waals surface area contributed by atoms with E-state index in [1.165, 1.54) is 6.92 Å². The first-order chi connectivity index (χ1) is 8.80. The van der Waals surface area contributed by atoms with Gasteiger partial charge in [0.1, 0.15) is 12.2 Å². The molecule has 19 heavy (non-hydrogen) atoms. The van der Waals surface area contributed by atoms with Gasteiger partial charge in [-0.25, -0.2) is 9.18 Å². The molecule has 106 valence electrons. The van der Waals surface area contributed by atoms with Crippen molar-refractivity contribution in [3.05, 3.63) is 17.5 Å². The number of pyridine rings is 1. The van der Waals surface area contributed by atoms with Crippen molar-refractivity contribution in [2.24, 2.45) is 0 Å². The lowest BCUT2D eigenvalue weighted by molar-refractivity contribution is -0.274. The van der Waals surface area contributed by atoms with E-state index in [-0.39, 0.29) is 6.61 Å². The van der Waals surface area contributed by atoms with E-state index < -0.39 is 41.7 Å². The molecule has 0 spiro atoms. The molecule has 0 aromatic carbocycles. The number of carbonyl (C=O) groups is 1. The van der Waals surface area contributed by atoms with Gasteiger partial charge in [0, 0.05) is 0 Å². The number of nitrogens with two attached hydrogens (primary N) is 1. The summed E-state index contributed by atoms with van der Waals surface area (Å²) in [5.41, 5.74) is 3.72. The summed E-state index contributed by atoms with van der Waals surface area (Å²) >= 11 is 0. The molecule has 1 aromatic rings. The quantitative estimate of drug-likeness (QED) is 0.677. The van der Waals surface area contributed by atoms with E-state index in [4.69, 9.17) is 5.73 Å². The van der Waals surface area contributed by atoms with Crippen molar-refractivity contribution in [1.82, 2.24) is 4.98 Å². The number of nitrogens with zero attached hydrogens (tertiary/aromatic N) is 1. The second-order valence-electron chi connectivity index (χ2n) is 3.26. The Labute approximate surface area is 105 Å². The van der Waals surface area contributed by atoms with E-state index in [0.717, 1.165) is 0 Å². The molecular weight excluding hydrogens is 272 g/mol. The molecule has 5 nitrogen and oxygen atoms in total. The van der Waals surface area contributed by atoms with Gasteiger partial charge >= 0.3 is 12.3 Å². The highest BCUT2D eigenvalue weighted by molar-refractivity contribution is 5.97. The Bertz CT molecular complexity index is 477. The van der Waals surface area contributed by atoms with Crippen molar-refractivity contribution in [1.29, 1.82) is 0 Å². The van der Waals surface area contributed by atoms with Crippen molar-refractivity contribution in [3.8, 4) is 5.75 Å². The number of hydrogen-bond donors (Lipinski definition) is 1. The van der Waals surface area contributed by atoms with Crippen molar-refractivity contribution in [3.63, 3.8) is 0 Å². The molecule has 0 fully saturated rings. The molecule has 0 atom stereocenters. The Morgan fingerprint density at radius 1 is 1.47 bits per heavy atom. The van der Waals surface area contributed by atoms with E-state index >= 15 is 0 Å². The van der Waals surface area contributed by atoms with Gasteiger partial charge in [0.05, 0.1) is 24.2 Å². The number of hydrogen-bond acceptors (Lipinski definition) is 5. The number of ether oxygens (including phenoxy) is 2. The topological polar surface area (TPSA) is 74.4 Å². The van der Waals surface area contributed by atoms with Gasteiger partial charge in [-0.05, 0) is 6.92 Å². The standard InChI is InChI=1S/C10H10F4N2O3/c1-2-18-9(17)7-5(3-11)16-4-6(8(7)15)19-10(12,13)14/h4H,2-3H2,1H3,(H2,15,16). The summed E-state index contributed by atoms with van der Waals surface area (Å²) in [6.45, 7) is 0.256. The van der Waals surface area contributed by atoms with E-state index in [1.807, 2.05) is 0 Å². The molecule has 0 unspecified atom stereocenters. The summed E-state index contributed by atoms with van der Waals surface area (Å²) in [5.74, 6) is -1.94. The summed E-state index contributed by atoms with van der Waals surface area (Å²) < 4.78 is 57.1. The Balaban J connectivity index is 3.25. The lowest BCUT2D eigenvalue weighted by Crippen LogP contribution is -2.20. The third-order valence-electron chi connectivity index (χ3n) is 1.99. The lowest BCUT2D eigenvalue weighted by Gasteiger charge is -2.14. The first-order valence-corrected chi connectivity index (χ1v) is 5.06. The number of halogens is 4. The summed E-state index contributed by atoms with van der Waals surface area (Å²) in [6.07, 6.45) is -4.40. The second-order valence-corrected chi connectivity index (χ2v) is 3.26. The molecule has 9 heteroatoms. The van der Waals surface area contributed by atoms with Gasteiger partial charge in [-0.1, -0.05) is 0 Å². The maximum Gasteiger partial charge on any atom is 0.573 e. The van der Waals surface area contributed by atoms with Crippen LogP contribution in [-0.2, 0) is 11.4 Å². The van der Waals surface area contributed by atoms with Crippen molar-refractivity contribution in [2.75, 3.05) is 12.3 Å². The van der Waals surface area contributed by atoms with Crippen molar-refractivity contribution in [2.45, 2.75) is 20.0 Å². The molecule has 0 amide bonds. The van der Waals surface area contributed by atoms with Crippen LogP contribution in [0.15, 0.2) is 6.20 Å². The molecule has 0 saturated heterocycles. The minimum absolute atomic E-state index is 0.0473. The SMILES string of the molecule is CCOC(=O)c1c(CF)ncc(OC(F)(F)F)c1N. The molecular formula is C10H10F4N2O3. The number of alkyl halides is 4. The molecule has 0 bridgehead atoms. The molecule has 0 aliphatic rings. The van der Waals surface area contributed by atoms with Crippen molar-refractivity contribution >= 4 is 11.7 Å². The Morgan fingerprint density at radius 2 is 2.11 bits per heavy atom. The summed E-state index contributed by atoms with van der Waals surface area (Å²) in [7, 11) is 0. The van der Waals surface area contributed by atoms with E-state index in [2.05, 4.69) is 14.5 Å². The highest BCUT2D eigenvalue weighted by atomic mass is 19.4. The average molecular weight is 282 g/mol. The largest absolute Gasteiger partial charge is 0.573 e. The maximum atomic E-state index is 12.6. The van der Waals surface area contributed by atoms with Crippen LogP contribution in [0.3, 0.4) is 0 Å². The predicted molar refractivity (Wildman–Crippen MR) is 56.1 cm³/mol. The fraction of sp³-hybridized carbons (Fsp3) is 0.400. The minimum Gasteiger partial charge on any atom is -0.462 e. The number of carbonyl (C=O) groups excluding carboxylic acids is 1. The van der Waals surface area contributed by atoms with Crippen LogP contribution < -0.4 is 10.5 Å². The Kier molecular flexibility index (Phi) is 4.52. The van der Waals surface area contributed by atoms with Crippen LogP contribution >= 0.6 is 0 Å². The molecule has 0 aliphatic heterocycles. The smallest absolute Gasteiger partial charge is 0.462 e. The molecule has 1 heterocycles. The average Bonchev–Trinajstić information content (AvgIpc) is 2.30. The van der Waals surface area contributed by atoms with Gasteiger partial charge in [0.15, 0.2) is 5.75 Å².